The number of aromatic hydroxyl groups is 1. The van der Waals surface area contributed by atoms with Crippen LogP contribution in [0.15, 0.2) is 75.4 Å². The lowest BCUT2D eigenvalue weighted by Gasteiger charge is -2.09. The Bertz CT molecular complexity index is 1350. The van der Waals surface area contributed by atoms with Crippen LogP contribution in [0, 0.1) is 6.92 Å². The molecule has 4 aromatic rings. The van der Waals surface area contributed by atoms with Crippen molar-refractivity contribution in [1.29, 1.82) is 0 Å². The molecule has 0 unspecified atom stereocenters. The zero-order valence-corrected chi connectivity index (χ0v) is 21.1. The molecule has 0 atom stereocenters. The lowest BCUT2D eigenvalue weighted by molar-refractivity contribution is -0.118. The number of nitrogens with zero attached hydrogens (tertiary/aromatic N) is 3. The number of hydrazone groups is 1. The number of imidazole rings is 1. The van der Waals surface area contributed by atoms with Crippen LogP contribution >= 0.6 is 27.7 Å². The number of rotatable bonds is 8. The van der Waals surface area contributed by atoms with Gasteiger partial charge in [0.2, 0.25) is 0 Å². The smallest absolute Gasteiger partial charge is 0.250 e. The Kier molecular flexibility index (Phi) is 7.54. The molecule has 3 aromatic carbocycles. The van der Waals surface area contributed by atoms with E-state index in [1.165, 1.54) is 36.2 Å². The molecule has 7 nitrogen and oxygen atoms in total. The Morgan fingerprint density at radius 2 is 2.00 bits per heavy atom. The molecule has 0 fully saturated rings. The normalized spacial score (nSPS) is 11.3. The highest BCUT2D eigenvalue weighted by Crippen LogP contribution is 2.34. The number of para-hydroxylation sites is 2. The number of benzene rings is 3. The van der Waals surface area contributed by atoms with Gasteiger partial charge in [-0.1, -0.05) is 53.7 Å². The maximum absolute atomic E-state index is 12.4. The maximum Gasteiger partial charge on any atom is 0.250 e. The number of halogens is 1. The molecule has 0 radical (unpaired) electrons. The molecule has 1 aromatic heterocycles. The quantitative estimate of drug-likeness (QED) is 0.185. The predicted octanol–water partition coefficient (Wildman–Crippen LogP) is 5.11. The lowest BCUT2D eigenvalue weighted by atomic mass is 10.1. The molecule has 4 rings (SSSR count). The Morgan fingerprint density at radius 3 is 2.76 bits per heavy atom. The number of phenols is 1. The number of carbonyl (C=O) groups is 1. The van der Waals surface area contributed by atoms with Gasteiger partial charge in [0.1, 0.15) is 0 Å². The Hall–Kier alpha value is -3.30. The minimum atomic E-state index is -0.250. The molecule has 9 heteroatoms. The zero-order valence-electron chi connectivity index (χ0n) is 18.7. The van der Waals surface area contributed by atoms with Crippen LogP contribution in [-0.2, 0) is 11.3 Å². The highest BCUT2D eigenvalue weighted by molar-refractivity contribution is 9.10. The van der Waals surface area contributed by atoms with Gasteiger partial charge in [-0.05, 0) is 58.2 Å². The van der Waals surface area contributed by atoms with E-state index in [0.29, 0.717) is 22.3 Å². The first kappa shape index (κ1) is 23.8. The number of aryl methyl sites for hydroxylation is 1. The van der Waals surface area contributed by atoms with Crippen LogP contribution in [0.25, 0.3) is 11.0 Å². The number of amides is 1. The van der Waals surface area contributed by atoms with Crippen LogP contribution in [-0.4, -0.2) is 39.6 Å². The number of thioether (sulfide) groups is 1. The van der Waals surface area contributed by atoms with Crippen LogP contribution in [0.2, 0.25) is 0 Å². The first-order valence-electron chi connectivity index (χ1n) is 10.5. The fourth-order valence-corrected chi connectivity index (χ4v) is 4.62. The summed E-state index contributed by atoms with van der Waals surface area (Å²) in [5.41, 5.74) is 7.49. The fourth-order valence-electron chi connectivity index (χ4n) is 3.36. The second-order valence-corrected chi connectivity index (χ2v) is 9.39. The number of aromatic nitrogens is 2. The molecular formula is C25H23BrN4O3S. The highest BCUT2D eigenvalue weighted by Gasteiger charge is 2.13. The van der Waals surface area contributed by atoms with Crippen molar-refractivity contribution in [3.05, 3.63) is 81.8 Å². The van der Waals surface area contributed by atoms with E-state index in [1.807, 2.05) is 24.3 Å². The third kappa shape index (κ3) is 5.60. The molecule has 0 spiro atoms. The lowest BCUT2D eigenvalue weighted by Crippen LogP contribution is -2.20. The van der Waals surface area contributed by atoms with Crippen molar-refractivity contribution >= 4 is 50.8 Å². The molecule has 174 valence electrons. The molecule has 34 heavy (non-hydrogen) atoms. The van der Waals surface area contributed by atoms with Crippen molar-refractivity contribution in [1.82, 2.24) is 15.0 Å². The Morgan fingerprint density at radius 1 is 1.24 bits per heavy atom. The number of carbonyl (C=O) groups excluding carboxylic acids is 1. The third-order valence-corrected chi connectivity index (χ3v) is 6.67. The molecule has 1 heterocycles. The Balaban J connectivity index is 1.44. The van der Waals surface area contributed by atoms with E-state index in [1.54, 1.807) is 12.1 Å². The number of hydrogen-bond acceptors (Lipinski definition) is 6. The van der Waals surface area contributed by atoms with Crippen LogP contribution in [0.5, 0.6) is 11.5 Å². The molecule has 0 saturated heterocycles. The summed E-state index contributed by atoms with van der Waals surface area (Å²) in [7, 11) is 1.47. The van der Waals surface area contributed by atoms with Gasteiger partial charge in [0.15, 0.2) is 16.7 Å². The van der Waals surface area contributed by atoms with Crippen molar-refractivity contribution in [2.75, 3.05) is 12.9 Å². The molecule has 0 aliphatic heterocycles. The average molecular weight is 539 g/mol. The summed E-state index contributed by atoms with van der Waals surface area (Å²) in [5, 5.41) is 14.7. The summed E-state index contributed by atoms with van der Waals surface area (Å²) >= 11 is 4.63. The summed E-state index contributed by atoms with van der Waals surface area (Å²) in [6.07, 6.45) is 1.49. The molecule has 0 bridgehead atoms. The summed E-state index contributed by atoms with van der Waals surface area (Å²) in [5.74, 6) is 0.232. The molecule has 0 saturated carbocycles. The Labute approximate surface area is 210 Å². The minimum absolute atomic E-state index is 0.00797. The van der Waals surface area contributed by atoms with Gasteiger partial charge in [-0.3, -0.25) is 4.79 Å². The number of ether oxygens (including phenoxy) is 1. The summed E-state index contributed by atoms with van der Waals surface area (Å²) < 4.78 is 7.73. The van der Waals surface area contributed by atoms with E-state index in [4.69, 9.17) is 9.72 Å². The summed E-state index contributed by atoms with van der Waals surface area (Å²) in [6.45, 7) is 2.73. The first-order valence-corrected chi connectivity index (χ1v) is 12.2. The van der Waals surface area contributed by atoms with E-state index in [-0.39, 0.29) is 17.4 Å². The van der Waals surface area contributed by atoms with Gasteiger partial charge in [0.05, 0.1) is 41.1 Å². The molecule has 2 N–H and O–H groups in total. The molecule has 1 amide bonds. The van der Waals surface area contributed by atoms with E-state index in [9.17, 15) is 9.90 Å². The van der Waals surface area contributed by atoms with E-state index in [2.05, 4.69) is 62.2 Å². The van der Waals surface area contributed by atoms with Gasteiger partial charge in [0.25, 0.3) is 5.91 Å². The largest absolute Gasteiger partial charge is 0.503 e. The number of nitrogens with one attached hydrogen (secondary N) is 1. The van der Waals surface area contributed by atoms with Gasteiger partial charge in [-0.25, -0.2) is 10.4 Å². The number of hydrogen-bond donors (Lipinski definition) is 2. The number of fused-ring (bicyclic) bond motifs is 1. The summed E-state index contributed by atoms with van der Waals surface area (Å²) in [6, 6.07) is 19.7. The molecule has 0 aliphatic rings. The van der Waals surface area contributed by atoms with Crippen molar-refractivity contribution in [2.45, 2.75) is 18.6 Å². The van der Waals surface area contributed by atoms with Crippen molar-refractivity contribution in [3.8, 4) is 11.5 Å². The standard InChI is InChI=1S/C25H23BrN4O3S/c1-16-7-9-17(10-8-16)14-30-21-6-4-3-5-20(21)28-25(30)34-15-23(31)29-27-13-18-11-19(26)24(32)22(12-18)33-2/h3-13,32H,14-15H2,1-2H3,(H,29,31)/b27-13-. The minimum Gasteiger partial charge on any atom is -0.503 e. The molecular weight excluding hydrogens is 516 g/mol. The van der Waals surface area contributed by atoms with Gasteiger partial charge in [-0.15, -0.1) is 0 Å². The zero-order chi connectivity index (χ0) is 24.1. The second kappa shape index (κ2) is 10.8. The molecule has 0 aliphatic carbocycles. The van der Waals surface area contributed by atoms with E-state index in [0.717, 1.165) is 16.2 Å². The van der Waals surface area contributed by atoms with Gasteiger partial charge < -0.3 is 14.4 Å². The number of phenolic OH excluding ortho intramolecular Hbond substituents is 1. The van der Waals surface area contributed by atoms with Crippen molar-refractivity contribution < 1.29 is 14.6 Å². The SMILES string of the molecule is COc1cc(/C=N\NC(=O)CSc2nc3ccccc3n2Cc2ccc(C)cc2)cc(Br)c1O. The monoisotopic (exact) mass is 538 g/mol. The van der Waals surface area contributed by atoms with Gasteiger partial charge in [0, 0.05) is 0 Å². The summed E-state index contributed by atoms with van der Waals surface area (Å²) in [4.78, 5) is 17.1. The second-order valence-electron chi connectivity index (χ2n) is 7.59. The van der Waals surface area contributed by atoms with Crippen molar-refractivity contribution in [2.24, 2.45) is 5.10 Å². The van der Waals surface area contributed by atoms with Gasteiger partial charge >= 0.3 is 0 Å². The van der Waals surface area contributed by atoms with E-state index >= 15 is 0 Å². The van der Waals surface area contributed by atoms with E-state index < -0.39 is 0 Å². The fraction of sp³-hybridized carbons (Fsp3) is 0.160. The maximum atomic E-state index is 12.4. The van der Waals surface area contributed by atoms with Crippen LogP contribution < -0.4 is 10.2 Å². The predicted molar refractivity (Wildman–Crippen MR) is 139 cm³/mol. The van der Waals surface area contributed by atoms with Crippen LogP contribution in [0.4, 0.5) is 0 Å². The first-order chi connectivity index (χ1) is 16.4. The van der Waals surface area contributed by atoms with Crippen LogP contribution in [0.1, 0.15) is 16.7 Å². The topological polar surface area (TPSA) is 88.7 Å². The average Bonchev–Trinajstić information content (AvgIpc) is 3.18. The van der Waals surface area contributed by atoms with Crippen molar-refractivity contribution in [3.63, 3.8) is 0 Å². The number of methoxy groups -OCH3 is 1. The van der Waals surface area contributed by atoms with Crippen LogP contribution in [0.3, 0.4) is 0 Å². The van der Waals surface area contributed by atoms with Gasteiger partial charge in [-0.2, -0.15) is 5.10 Å². The highest BCUT2D eigenvalue weighted by atomic mass is 79.9. The third-order valence-electron chi connectivity index (χ3n) is 5.09.